The lowest BCUT2D eigenvalue weighted by Crippen LogP contribution is -2.52. The lowest BCUT2D eigenvalue weighted by molar-refractivity contribution is -0.137. The highest BCUT2D eigenvalue weighted by Crippen LogP contribution is 2.41. The van der Waals surface area contributed by atoms with Gasteiger partial charge in [0.15, 0.2) is 0 Å². The number of carbonyl (C=O) groups excluding carboxylic acids is 1. The molecule has 1 saturated carbocycles. The maximum Gasteiger partial charge on any atom is 0.421 e. The van der Waals surface area contributed by atoms with Crippen LogP contribution in [0.4, 0.5) is 42.0 Å². The molecular weight excluding hydrogens is 559 g/mol. The number of fused-ring (bicyclic) bond motifs is 1. The van der Waals surface area contributed by atoms with Gasteiger partial charge in [-0.05, 0) is 56.0 Å². The van der Waals surface area contributed by atoms with Gasteiger partial charge in [0.25, 0.3) is 0 Å². The molecule has 3 aliphatic rings. The Morgan fingerprint density at radius 3 is 2.56 bits per heavy atom. The molecule has 2 aromatic carbocycles. The van der Waals surface area contributed by atoms with Crippen molar-refractivity contribution < 1.29 is 22.7 Å². The number of rotatable bonds is 8. The quantitative estimate of drug-likeness (QED) is 0.303. The van der Waals surface area contributed by atoms with Crippen LogP contribution in [0.5, 0.6) is 5.75 Å². The second-order valence-electron chi connectivity index (χ2n) is 11.8. The first-order chi connectivity index (χ1) is 20.5. The molecule has 3 heterocycles. The highest BCUT2D eigenvalue weighted by atomic mass is 19.4. The zero-order valence-corrected chi connectivity index (χ0v) is 24.5. The van der Waals surface area contributed by atoms with Crippen LogP contribution in [0.2, 0.25) is 0 Å². The topological polar surface area (TPSA) is 94.7 Å². The number of anilines is 5. The summed E-state index contributed by atoms with van der Waals surface area (Å²) in [5.74, 6) is 0.00950. The summed E-state index contributed by atoms with van der Waals surface area (Å²) in [5.41, 5.74) is 1.88. The summed E-state index contributed by atoms with van der Waals surface area (Å²) >= 11 is 0. The number of carbonyl (C=O) groups is 1. The van der Waals surface area contributed by atoms with E-state index < -0.39 is 17.2 Å². The molecular formula is C31H36F3N7O2. The molecule has 0 spiro atoms. The van der Waals surface area contributed by atoms with Crippen molar-refractivity contribution in [3.8, 4) is 5.75 Å². The number of amides is 1. The standard InChI is InChI=1S/C31H36F3N7O2/c1-30(2)26-19(6-4-9-24(26)37-28(30)42)17-35-27-22(31(32,33)34)18-36-29(39-27)38-23-11-10-21(16-25(23)43-3)41-14-12-40(13-15-41)20-7-5-8-20/h4,6,9-11,16,18,20H,5,7-8,12-15,17H2,1-3H3,(H,37,42)(H2,35,36,38,39). The van der Waals surface area contributed by atoms with Gasteiger partial charge in [-0.2, -0.15) is 18.2 Å². The summed E-state index contributed by atoms with van der Waals surface area (Å²) in [7, 11) is 1.55. The Balaban J connectivity index is 1.20. The average Bonchev–Trinajstić information content (AvgIpc) is 3.19. The minimum atomic E-state index is -4.67. The van der Waals surface area contributed by atoms with Crippen LogP contribution < -0.4 is 25.6 Å². The second-order valence-corrected chi connectivity index (χ2v) is 11.8. The van der Waals surface area contributed by atoms with Gasteiger partial charge in [0, 0.05) is 62.4 Å². The Kier molecular flexibility index (Phi) is 7.57. The van der Waals surface area contributed by atoms with Gasteiger partial charge >= 0.3 is 6.18 Å². The number of benzene rings is 2. The lowest BCUT2D eigenvalue weighted by atomic mass is 9.83. The first kappa shape index (κ1) is 29.0. The molecule has 0 radical (unpaired) electrons. The van der Waals surface area contributed by atoms with Gasteiger partial charge in [0.2, 0.25) is 11.9 Å². The minimum Gasteiger partial charge on any atom is -0.494 e. The molecule has 3 aromatic rings. The Morgan fingerprint density at radius 2 is 1.88 bits per heavy atom. The van der Waals surface area contributed by atoms with E-state index in [-0.39, 0.29) is 24.2 Å². The summed E-state index contributed by atoms with van der Waals surface area (Å²) < 4.78 is 47.4. The summed E-state index contributed by atoms with van der Waals surface area (Å²) in [6, 6.07) is 11.8. The summed E-state index contributed by atoms with van der Waals surface area (Å²) in [6.45, 7) is 7.52. The Morgan fingerprint density at radius 1 is 1.12 bits per heavy atom. The Bertz CT molecular complexity index is 1520. The van der Waals surface area contributed by atoms with Crippen molar-refractivity contribution in [1.82, 2.24) is 14.9 Å². The van der Waals surface area contributed by atoms with Crippen LogP contribution in [-0.2, 0) is 22.9 Å². The number of piperazine rings is 1. The van der Waals surface area contributed by atoms with Crippen LogP contribution in [0.3, 0.4) is 0 Å². The van der Waals surface area contributed by atoms with Crippen LogP contribution in [0.15, 0.2) is 42.6 Å². The van der Waals surface area contributed by atoms with Gasteiger partial charge in [0.1, 0.15) is 17.1 Å². The molecule has 3 N–H and O–H groups in total. The third-order valence-electron chi connectivity index (χ3n) is 8.83. The van der Waals surface area contributed by atoms with Crippen molar-refractivity contribution in [2.24, 2.45) is 0 Å². The van der Waals surface area contributed by atoms with Crippen molar-refractivity contribution >= 4 is 34.7 Å². The monoisotopic (exact) mass is 595 g/mol. The van der Waals surface area contributed by atoms with E-state index in [0.717, 1.165) is 49.7 Å². The predicted molar refractivity (Wildman–Crippen MR) is 160 cm³/mol. The molecule has 0 atom stereocenters. The fourth-order valence-corrected chi connectivity index (χ4v) is 6.14. The molecule has 1 aromatic heterocycles. The van der Waals surface area contributed by atoms with Crippen molar-refractivity contribution in [2.75, 3.05) is 54.1 Å². The third-order valence-corrected chi connectivity index (χ3v) is 8.83. The van der Waals surface area contributed by atoms with Gasteiger partial charge < -0.3 is 25.6 Å². The maximum absolute atomic E-state index is 13.9. The molecule has 2 fully saturated rings. The number of nitrogens with one attached hydrogen (secondary N) is 3. The van der Waals surface area contributed by atoms with Gasteiger partial charge in [-0.25, -0.2) is 4.98 Å². The van der Waals surface area contributed by atoms with E-state index in [1.165, 1.54) is 19.3 Å². The van der Waals surface area contributed by atoms with Crippen LogP contribution in [0, 0.1) is 0 Å². The summed E-state index contributed by atoms with van der Waals surface area (Å²) in [5, 5.41) is 8.73. The molecule has 43 heavy (non-hydrogen) atoms. The van der Waals surface area contributed by atoms with Gasteiger partial charge in [0.05, 0.1) is 18.2 Å². The SMILES string of the molecule is COc1cc(N2CCN(C3CCC3)CC2)ccc1Nc1ncc(C(F)(F)F)c(NCc2cccc3c2C(C)(C)C(=O)N3)n1. The lowest BCUT2D eigenvalue weighted by Gasteiger charge is -2.43. The van der Waals surface area contributed by atoms with E-state index in [1.54, 1.807) is 39.2 Å². The second kappa shape index (κ2) is 11.2. The number of halogens is 3. The number of aromatic nitrogens is 2. The molecule has 2 aliphatic heterocycles. The third kappa shape index (κ3) is 5.67. The molecule has 1 saturated heterocycles. The number of methoxy groups -OCH3 is 1. The molecule has 0 unspecified atom stereocenters. The van der Waals surface area contributed by atoms with Crippen LogP contribution in [0.25, 0.3) is 0 Å². The maximum atomic E-state index is 13.9. The fourth-order valence-electron chi connectivity index (χ4n) is 6.14. The van der Waals surface area contributed by atoms with Crippen LogP contribution in [0.1, 0.15) is 49.8 Å². The first-order valence-electron chi connectivity index (χ1n) is 14.6. The molecule has 228 valence electrons. The smallest absolute Gasteiger partial charge is 0.421 e. The molecule has 9 nitrogen and oxygen atoms in total. The largest absolute Gasteiger partial charge is 0.494 e. The van der Waals surface area contributed by atoms with Gasteiger partial charge in [-0.15, -0.1) is 0 Å². The molecule has 0 bridgehead atoms. The van der Waals surface area contributed by atoms with Gasteiger partial charge in [-0.1, -0.05) is 18.6 Å². The Labute approximate surface area is 248 Å². The van der Waals surface area contributed by atoms with Crippen LogP contribution in [-0.4, -0.2) is 60.1 Å². The van der Waals surface area contributed by atoms with Crippen molar-refractivity contribution in [1.29, 1.82) is 0 Å². The zero-order chi connectivity index (χ0) is 30.4. The van der Waals surface area contributed by atoms with E-state index in [1.807, 2.05) is 18.2 Å². The van der Waals surface area contributed by atoms with Gasteiger partial charge in [-0.3, -0.25) is 9.69 Å². The molecule has 6 rings (SSSR count). The number of hydrogen-bond donors (Lipinski definition) is 3. The van der Waals surface area contributed by atoms with E-state index in [0.29, 0.717) is 22.7 Å². The summed E-state index contributed by atoms with van der Waals surface area (Å²) in [6.07, 6.45) is 0.0112. The number of hydrogen-bond acceptors (Lipinski definition) is 8. The minimum absolute atomic E-state index is 0.00822. The van der Waals surface area contributed by atoms with Crippen molar-refractivity contribution in [2.45, 2.75) is 57.3 Å². The summed E-state index contributed by atoms with van der Waals surface area (Å²) in [4.78, 5) is 25.5. The number of ether oxygens (including phenoxy) is 1. The molecule has 12 heteroatoms. The highest BCUT2D eigenvalue weighted by Gasteiger charge is 2.40. The highest BCUT2D eigenvalue weighted by molar-refractivity contribution is 6.06. The van der Waals surface area contributed by atoms with Crippen LogP contribution >= 0.6 is 0 Å². The van der Waals surface area contributed by atoms with E-state index in [4.69, 9.17) is 4.74 Å². The molecule has 1 amide bonds. The average molecular weight is 596 g/mol. The van der Waals surface area contributed by atoms with E-state index >= 15 is 0 Å². The normalized spacial score (nSPS) is 18.6. The Hall–Kier alpha value is -4.06. The zero-order valence-electron chi connectivity index (χ0n) is 24.5. The van der Waals surface area contributed by atoms with E-state index in [2.05, 4.69) is 35.7 Å². The molecule has 1 aliphatic carbocycles. The van der Waals surface area contributed by atoms with E-state index in [9.17, 15) is 18.0 Å². The predicted octanol–water partition coefficient (Wildman–Crippen LogP) is 5.76. The number of alkyl halides is 3. The fraction of sp³-hybridized carbons (Fsp3) is 0.452. The van der Waals surface area contributed by atoms with Crippen molar-refractivity contribution in [3.63, 3.8) is 0 Å². The first-order valence-corrected chi connectivity index (χ1v) is 14.6. The van der Waals surface area contributed by atoms with Crippen molar-refractivity contribution in [3.05, 3.63) is 59.3 Å². The number of nitrogens with zero attached hydrogens (tertiary/aromatic N) is 4.